The SMILES string of the molecule is c1ccc(-c2ccc(N(c3ccc(-c4ccccc4)cc3)c3ccc(-c4ccc(-c5cccc6ccccc56)cc4)cc3)cc2)cc1.c1ccc(-c2ccc(N(c3ccc(-c4ccccc4)cc3)c3ccc(-c4cccc5ccccc45)cc3)cc2)cc1.c1ccc(-c2ccc(N(c3ccccc3)c3ccc(-c4ccc(-c5cccc6ccccc56)cc4)cc3)cc2)cc1. The van der Waals surface area contributed by atoms with Gasteiger partial charge in [-0.2, -0.15) is 0 Å². The Balaban J connectivity index is 0.000000122. The van der Waals surface area contributed by atoms with Crippen LogP contribution in [0.3, 0.4) is 0 Å². The molecule has 0 bridgehead atoms. The zero-order valence-electron chi connectivity index (χ0n) is 71.4. The fourth-order valence-electron chi connectivity index (χ4n) is 17.6. The van der Waals surface area contributed by atoms with Crippen molar-refractivity contribution in [3.05, 3.63) is 552 Å². The first-order valence-electron chi connectivity index (χ1n) is 44.2. The Morgan fingerprint density at radius 1 is 0.0853 bits per heavy atom. The Kier molecular flexibility index (Phi) is 23.7. The number of nitrogens with zero attached hydrogens (tertiary/aromatic N) is 3. The first-order chi connectivity index (χ1) is 64.0. The molecule has 22 aromatic rings. The Morgan fingerprint density at radius 3 is 0.419 bits per heavy atom. The zero-order valence-corrected chi connectivity index (χ0v) is 71.4. The smallest absolute Gasteiger partial charge is 0.0462 e. The highest BCUT2D eigenvalue weighted by atomic mass is 15.2. The van der Waals surface area contributed by atoms with Gasteiger partial charge in [0.25, 0.3) is 0 Å². The molecule has 610 valence electrons. The molecule has 129 heavy (non-hydrogen) atoms. The Hall–Kier alpha value is -17.0. The third-order valence-corrected chi connectivity index (χ3v) is 24.3. The van der Waals surface area contributed by atoms with E-state index in [0.717, 1.165) is 51.2 Å². The fourth-order valence-corrected chi connectivity index (χ4v) is 17.6. The second kappa shape index (κ2) is 38.0. The van der Waals surface area contributed by atoms with Crippen LogP contribution in [-0.2, 0) is 0 Å². The van der Waals surface area contributed by atoms with Crippen molar-refractivity contribution in [2.24, 2.45) is 0 Å². The summed E-state index contributed by atoms with van der Waals surface area (Å²) in [6.45, 7) is 0. The van der Waals surface area contributed by atoms with Crippen molar-refractivity contribution in [3.63, 3.8) is 0 Å². The topological polar surface area (TPSA) is 9.72 Å². The maximum Gasteiger partial charge on any atom is 0.0462 e. The van der Waals surface area contributed by atoms with E-state index in [1.807, 2.05) is 0 Å². The molecule has 0 aliphatic rings. The molecule has 22 rings (SSSR count). The molecule has 0 amide bonds. The van der Waals surface area contributed by atoms with Crippen molar-refractivity contribution in [1.29, 1.82) is 0 Å². The van der Waals surface area contributed by atoms with Gasteiger partial charge in [-0.3, -0.25) is 0 Å². The standard InChI is InChI=1S/C46H33N.2C40H29N/c1-3-10-34(11-4-1)37-22-28-42(29-23-37)47(43-30-24-38(25-31-43)35-12-5-2-6-13-35)44-32-26-39(27-33-44)36-18-20-41(21-19-36)46-17-9-15-40-14-7-8-16-45(40)46;1-3-10-30(11-4-1)32-22-26-37(27-23-32)41(36-14-5-2-6-15-36)38-28-24-33(25-29-38)31-18-20-35(21-19-31)40-17-9-13-34-12-7-8-16-39(34)40;1-3-10-30(11-4-1)32-18-24-36(25-19-32)41(37-26-20-33(21-27-37)31-12-5-2-6-13-31)38-28-22-35(23-29-38)40-17-9-15-34-14-7-8-16-39(34)40/h1-33H;2*1-29H. The average Bonchev–Trinajstić information content (AvgIpc) is 0.796. The number of hydrogen-bond acceptors (Lipinski definition) is 3. The summed E-state index contributed by atoms with van der Waals surface area (Å²) in [7, 11) is 0. The highest BCUT2D eigenvalue weighted by Crippen LogP contribution is 2.44. The van der Waals surface area contributed by atoms with Gasteiger partial charge in [0.1, 0.15) is 0 Å². The molecule has 0 fully saturated rings. The number of benzene rings is 22. The molecule has 0 unspecified atom stereocenters. The Morgan fingerprint density at radius 2 is 0.217 bits per heavy atom. The number of fused-ring (bicyclic) bond motifs is 3. The molecule has 3 heteroatoms. The first kappa shape index (κ1) is 80.4. The van der Waals surface area contributed by atoms with Crippen LogP contribution in [0.2, 0.25) is 0 Å². The highest BCUT2D eigenvalue weighted by molar-refractivity contribution is 6.00. The summed E-state index contributed by atoms with van der Waals surface area (Å²) in [5.74, 6) is 0. The lowest BCUT2D eigenvalue weighted by atomic mass is 9.96. The summed E-state index contributed by atoms with van der Waals surface area (Å²) in [5.41, 5.74) is 34.5. The third-order valence-electron chi connectivity index (χ3n) is 24.3. The molecule has 22 aromatic carbocycles. The molecule has 0 aliphatic carbocycles. The lowest BCUT2D eigenvalue weighted by Crippen LogP contribution is -2.09. The molecular weight excluding hydrogens is 1560 g/mol. The van der Waals surface area contributed by atoms with Crippen molar-refractivity contribution < 1.29 is 0 Å². The minimum atomic E-state index is 1.11. The second-order valence-corrected chi connectivity index (χ2v) is 32.3. The predicted molar refractivity (Wildman–Crippen MR) is 550 cm³/mol. The van der Waals surface area contributed by atoms with Crippen LogP contribution in [0.5, 0.6) is 0 Å². The van der Waals surface area contributed by atoms with E-state index in [1.54, 1.807) is 0 Å². The second-order valence-electron chi connectivity index (χ2n) is 32.3. The van der Waals surface area contributed by atoms with Gasteiger partial charge in [-0.1, -0.05) is 443 Å². The van der Waals surface area contributed by atoms with Crippen LogP contribution in [0.15, 0.2) is 552 Å². The lowest BCUT2D eigenvalue weighted by Gasteiger charge is -2.26. The maximum absolute atomic E-state index is 2.33. The van der Waals surface area contributed by atoms with Crippen molar-refractivity contribution in [3.8, 4) is 111 Å². The zero-order chi connectivity index (χ0) is 86.3. The monoisotopic (exact) mass is 1650 g/mol. The van der Waals surface area contributed by atoms with E-state index in [2.05, 4.69) is 567 Å². The van der Waals surface area contributed by atoms with Gasteiger partial charge in [-0.05, 0) is 253 Å². The number of anilines is 9. The van der Waals surface area contributed by atoms with Crippen LogP contribution in [-0.4, -0.2) is 0 Å². The van der Waals surface area contributed by atoms with E-state index in [0.29, 0.717) is 0 Å². The molecule has 0 aliphatic heterocycles. The van der Waals surface area contributed by atoms with Gasteiger partial charge in [0, 0.05) is 51.2 Å². The fraction of sp³-hybridized carbons (Fsp3) is 0. The summed E-state index contributed by atoms with van der Waals surface area (Å²) in [5, 5.41) is 7.62. The highest BCUT2D eigenvalue weighted by Gasteiger charge is 2.20. The normalized spacial score (nSPS) is 10.9. The van der Waals surface area contributed by atoms with Crippen LogP contribution in [0.25, 0.3) is 144 Å². The molecular formula is C126H91N3. The van der Waals surface area contributed by atoms with Gasteiger partial charge in [-0.15, -0.1) is 0 Å². The van der Waals surface area contributed by atoms with E-state index in [4.69, 9.17) is 0 Å². The molecule has 0 atom stereocenters. The Labute approximate surface area is 756 Å². The van der Waals surface area contributed by atoms with Gasteiger partial charge in [0.2, 0.25) is 0 Å². The van der Waals surface area contributed by atoms with Crippen molar-refractivity contribution >= 4 is 83.5 Å². The van der Waals surface area contributed by atoms with Crippen molar-refractivity contribution in [1.82, 2.24) is 0 Å². The van der Waals surface area contributed by atoms with E-state index < -0.39 is 0 Å². The van der Waals surface area contributed by atoms with Gasteiger partial charge < -0.3 is 14.7 Å². The van der Waals surface area contributed by atoms with Crippen LogP contribution >= 0.6 is 0 Å². The third kappa shape index (κ3) is 18.1. The predicted octanol–water partition coefficient (Wildman–Crippen LogP) is 35.6. The summed E-state index contributed by atoms with van der Waals surface area (Å²) in [4.78, 5) is 6.97. The summed E-state index contributed by atoms with van der Waals surface area (Å²) < 4.78 is 0. The minimum absolute atomic E-state index is 1.11. The van der Waals surface area contributed by atoms with Crippen molar-refractivity contribution in [2.45, 2.75) is 0 Å². The summed E-state index contributed by atoms with van der Waals surface area (Å²) in [6, 6.07) is 197. The van der Waals surface area contributed by atoms with Crippen LogP contribution in [0.4, 0.5) is 51.2 Å². The van der Waals surface area contributed by atoms with E-state index in [1.165, 1.54) is 144 Å². The van der Waals surface area contributed by atoms with Gasteiger partial charge >= 0.3 is 0 Å². The van der Waals surface area contributed by atoms with Gasteiger partial charge in [0.15, 0.2) is 0 Å². The largest absolute Gasteiger partial charge is 0.311 e. The molecule has 0 radical (unpaired) electrons. The molecule has 0 N–H and O–H groups in total. The van der Waals surface area contributed by atoms with E-state index in [-0.39, 0.29) is 0 Å². The van der Waals surface area contributed by atoms with Gasteiger partial charge in [0.05, 0.1) is 0 Å². The number of para-hydroxylation sites is 1. The lowest BCUT2D eigenvalue weighted by molar-refractivity contribution is 1.28. The summed E-state index contributed by atoms with van der Waals surface area (Å²) >= 11 is 0. The molecule has 0 saturated carbocycles. The van der Waals surface area contributed by atoms with Gasteiger partial charge in [-0.25, -0.2) is 0 Å². The summed E-state index contributed by atoms with van der Waals surface area (Å²) in [6.07, 6.45) is 0. The van der Waals surface area contributed by atoms with Crippen LogP contribution in [0, 0.1) is 0 Å². The van der Waals surface area contributed by atoms with E-state index in [9.17, 15) is 0 Å². The van der Waals surface area contributed by atoms with Crippen LogP contribution in [0.1, 0.15) is 0 Å². The molecule has 0 heterocycles. The molecule has 0 spiro atoms. The minimum Gasteiger partial charge on any atom is -0.311 e. The van der Waals surface area contributed by atoms with Crippen molar-refractivity contribution in [2.75, 3.05) is 14.7 Å². The maximum atomic E-state index is 2.33. The quantitative estimate of drug-likeness (QED) is 0.0799. The molecule has 0 aromatic heterocycles. The number of hydrogen-bond donors (Lipinski definition) is 0. The molecule has 0 saturated heterocycles. The average molecular weight is 1650 g/mol. The number of rotatable bonds is 19. The van der Waals surface area contributed by atoms with Crippen LogP contribution < -0.4 is 14.7 Å². The first-order valence-corrected chi connectivity index (χ1v) is 44.2. The molecule has 3 nitrogen and oxygen atoms in total. The van der Waals surface area contributed by atoms with E-state index >= 15 is 0 Å². The Bertz CT molecular complexity index is 7270.